The van der Waals surface area contributed by atoms with Crippen molar-refractivity contribution >= 4 is 23.6 Å². The number of aliphatic hydroxyl groups excluding tert-OH is 4. The molecule has 0 aliphatic carbocycles. The lowest BCUT2D eigenvalue weighted by atomic mass is 9.69. The number of fused-ring (bicyclic) bond motifs is 3. The summed E-state index contributed by atoms with van der Waals surface area (Å²) >= 11 is 0. The summed E-state index contributed by atoms with van der Waals surface area (Å²) < 4.78 is 25.4. The minimum Gasteiger partial charge on any atom is -0.508 e. The number of hydrogen-bond donors (Lipinski definition) is 9. The second-order valence-electron chi connectivity index (χ2n) is 24.0. The Bertz CT molecular complexity index is 2330. The maximum absolute atomic E-state index is 14.6. The van der Waals surface area contributed by atoms with E-state index < -0.39 is 108 Å². The van der Waals surface area contributed by atoms with Gasteiger partial charge >= 0.3 is 0 Å². The molecule has 1 aromatic carbocycles. The first-order valence-electron chi connectivity index (χ1n) is 29.2. The number of allylic oxidation sites excluding steroid dienone is 5. The van der Waals surface area contributed by atoms with Crippen LogP contribution in [0.25, 0.3) is 0 Å². The largest absolute Gasteiger partial charge is 0.508 e. The summed E-state index contributed by atoms with van der Waals surface area (Å²) in [5.74, 6) is -5.08. The van der Waals surface area contributed by atoms with Gasteiger partial charge in [0.1, 0.15) is 23.6 Å². The Morgan fingerprint density at radius 3 is 2.42 bits per heavy atom. The molecule has 18 nitrogen and oxygen atoms in total. The number of rotatable bonds is 13. The van der Waals surface area contributed by atoms with Crippen molar-refractivity contribution < 1.29 is 63.7 Å². The first-order chi connectivity index (χ1) is 37.4. The number of phenolic OH excluding ortho intramolecular Hbond substituents is 1. The maximum atomic E-state index is 14.6. The molecule has 0 saturated carbocycles. The highest BCUT2D eigenvalue weighted by atomic mass is 16.7. The molecular formula is C61H95N5O13. The van der Waals surface area contributed by atoms with E-state index in [9.17, 15) is 44.7 Å². The van der Waals surface area contributed by atoms with Crippen molar-refractivity contribution in [3.63, 3.8) is 0 Å². The number of ether oxygens (including phenoxy) is 4. The van der Waals surface area contributed by atoms with Crippen LogP contribution in [0.4, 0.5) is 0 Å². The molecule has 5 heterocycles. The number of carbonyl (C=O) groups is 4. The second-order valence-corrected chi connectivity index (χ2v) is 24.0. The van der Waals surface area contributed by atoms with E-state index >= 15 is 0 Å². The average molecular weight is 1110 g/mol. The molecule has 19 atom stereocenters. The monoisotopic (exact) mass is 1110 g/mol. The van der Waals surface area contributed by atoms with Crippen molar-refractivity contribution in [2.24, 2.45) is 47.3 Å². The van der Waals surface area contributed by atoms with Crippen molar-refractivity contribution in [1.29, 1.82) is 0 Å². The van der Waals surface area contributed by atoms with E-state index in [2.05, 4.69) is 28.3 Å². The van der Waals surface area contributed by atoms with E-state index in [0.717, 1.165) is 12.0 Å². The van der Waals surface area contributed by atoms with Gasteiger partial charge in [0, 0.05) is 62.5 Å². The third-order valence-electron chi connectivity index (χ3n) is 17.9. The van der Waals surface area contributed by atoms with E-state index in [4.69, 9.17) is 18.9 Å². The van der Waals surface area contributed by atoms with Crippen molar-refractivity contribution in [2.75, 3.05) is 13.7 Å². The zero-order valence-electron chi connectivity index (χ0n) is 48.7. The fourth-order valence-electron chi connectivity index (χ4n) is 12.2. The molecule has 442 valence electrons. The lowest BCUT2D eigenvalue weighted by Gasteiger charge is -2.56. The Morgan fingerprint density at radius 1 is 0.975 bits per heavy atom. The quantitative estimate of drug-likeness (QED) is 0.103. The summed E-state index contributed by atoms with van der Waals surface area (Å²) in [4.78, 5) is 56.5. The molecule has 0 radical (unpaired) electrons. The summed E-state index contributed by atoms with van der Waals surface area (Å²) in [7, 11) is 1.54. The number of aliphatic hydroxyl groups is 4. The van der Waals surface area contributed by atoms with Gasteiger partial charge in [-0.15, -0.1) is 0 Å². The first-order valence-corrected chi connectivity index (χ1v) is 29.2. The zero-order chi connectivity index (χ0) is 57.9. The van der Waals surface area contributed by atoms with Gasteiger partial charge in [-0.1, -0.05) is 110 Å². The highest BCUT2D eigenvalue weighted by molar-refractivity contribution is 5.93. The van der Waals surface area contributed by atoms with Gasteiger partial charge in [0.15, 0.2) is 12.1 Å². The summed E-state index contributed by atoms with van der Waals surface area (Å²) in [6, 6.07) is 3.54. The van der Waals surface area contributed by atoms with Crippen molar-refractivity contribution in [1.82, 2.24) is 26.4 Å². The van der Waals surface area contributed by atoms with Crippen LogP contribution in [0.2, 0.25) is 0 Å². The number of nitrogens with one attached hydrogen (secondary N) is 4. The van der Waals surface area contributed by atoms with E-state index in [1.165, 1.54) is 24.3 Å². The van der Waals surface area contributed by atoms with Crippen LogP contribution in [0.5, 0.6) is 5.75 Å². The zero-order valence-corrected chi connectivity index (χ0v) is 48.7. The van der Waals surface area contributed by atoms with E-state index in [-0.39, 0.29) is 54.2 Å². The molecule has 0 aromatic heterocycles. The molecule has 9 N–H and O–H groups in total. The molecule has 2 unspecified atom stereocenters. The van der Waals surface area contributed by atoms with Crippen LogP contribution >= 0.6 is 0 Å². The molecule has 5 aliphatic rings. The summed E-state index contributed by atoms with van der Waals surface area (Å²) in [6.45, 7) is 19.3. The highest BCUT2D eigenvalue weighted by Gasteiger charge is 2.57. The molecule has 6 rings (SSSR count). The number of aromatic hydroxyl groups is 1. The number of methoxy groups -OCH3 is 1. The molecule has 1 aromatic rings. The number of hydrogen-bond acceptors (Lipinski definition) is 14. The van der Waals surface area contributed by atoms with Crippen LogP contribution in [0.3, 0.4) is 0 Å². The molecule has 5 aliphatic heterocycles. The molecule has 79 heavy (non-hydrogen) atoms. The first kappa shape index (κ1) is 63.7. The number of carbonyl (C=O) groups excluding carboxylic acids is 4. The Kier molecular flexibility index (Phi) is 22.9. The van der Waals surface area contributed by atoms with Gasteiger partial charge in [-0.25, -0.2) is 5.43 Å². The number of hydrazine groups is 1. The van der Waals surface area contributed by atoms with Crippen LogP contribution in [0, 0.1) is 47.3 Å². The van der Waals surface area contributed by atoms with E-state index in [1.807, 2.05) is 58.9 Å². The molecule has 2 bridgehead atoms. The van der Waals surface area contributed by atoms with Gasteiger partial charge in [0.05, 0.1) is 48.6 Å². The van der Waals surface area contributed by atoms with Gasteiger partial charge in [-0.2, -0.15) is 0 Å². The van der Waals surface area contributed by atoms with Gasteiger partial charge < -0.3 is 60.4 Å². The van der Waals surface area contributed by atoms with Gasteiger partial charge in [-0.05, 0) is 100 Å². The molecule has 18 heteroatoms. The predicted octanol–water partition coefficient (Wildman–Crippen LogP) is 6.01. The fraction of sp³-hybridized carbons (Fsp3) is 0.705. The SMILES string of the molecule is CC[C@H]1C[C@H](C)[C@@]2(NC1=O)O[C@@H](C[C@H](O)[C@@H](C)CC/C=C/C=C(\C)[C@@H]1C/C=C/C=C/[C@H](O)[C@H](C)[C@H]3O[C@](C)(OC)CC[C@H]3C(=O)N[C@@H](C(C)C)C(=O)N[C@@H](Cc3cccc(O)c3)C(=O)N3CCCC(N3)C(O)O1)[C@H](C)[C@H](O)[C@@H]2C. The Morgan fingerprint density at radius 2 is 1.72 bits per heavy atom. The lowest BCUT2D eigenvalue weighted by molar-refractivity contribution is -0.280. The molecule has 1 spiro atoms. The Labute approximate surface area is 469 Å². The van der Waals surface area contributed by atoms with Crippen molar-refractivity contribution in [2.45, 2.75) is 212 Å². The lowest BCUT2D eigenvalue weighted by Crippen LogP contribution is -2.71. The van der Waals surface area contributed by atoms with Gasteiger partial charge in [0.2, 0.25) is 17.7 Å². The number of nitrogens with zero attached hydrogens (tertiary/aromatic N) is 1. The van der Waals surface area contributed by atoms with Crippen LogP contribution in [-0.2, 0) is 44.5 Å². The molecule has 4 saturated heterocycles. The van der Waals surface area contributed by atoms with Crippen LogP contribution < -0.4 is 21.4 Å². The number of amides is 4. The van der Waals surface area contributed by atoms with E-state index in [0.29, 0.717) is 63.4 Å². The van der Waals surface area contributed by atoms with Crippen molar-refractivity contribution in [3.8, 4) is 5.75 Å². The summed E-state index contributed by atoms with van der Waals surface area (Å²) in [5.41, 5.74) is 3.58. The normalized spacial score (nSPS) is 38.5. The molecular weight excluding hydrogens is 1010 g/mol. The predicted molar refractivity (Wildman–Crippen MR) is 300 cm³/mol. The third kappa shape index (κ3) is 15.9. The fourth-order valence-corrected chi connectivity index (χ4v) is 12.2. The maximum Gasteiger partial charge on any atom is 0.259 e. The standard InChI is InChI=1S/C61H95N5O13/c1-12-43-31-38(6)61(64-55(43)71)41(9)53(70)40(8)51(78-61)34-49(69)36(4)21-15-13-16-22-37(5)50-27-18-14-17-26-48(68)39(7)54-45(28-29-60(10,76-11)79-54)56(72)63-52(35(2)3)57(73)62-47(33-42-23-19-24-44(67)32-42)58(74)66-30-20-25-46(65-66)59(75)77-50/h13-14,16-19,22-24,26,32,35-36,38-41,43,45-54,59,65,67-70,75H,12,15,20-21,25,27-31,33-34H2,1-11H3,(H,62,73)(H,63,72)(H,64,71)/b16-13+,18-14+,26-17+,37-22+/t36-,38-,39-,40-,41-,43-,45+,46?,47-,48-,49-,50-,51-,52-,53-,54+,59?,60-,61+/m0/s1. The number of phenols is 1. The van der Waals surface area contributed by atoms with Crippen LogP contribution in [-0.4, -0.2) is 140 Å². The minimum absolute atomic E-state index is 0.00391. The van der Waals surface area contributed by atoms with Gasteiger partial charge in [0.25, 0.3) is 5.91 Å². The molecule has 4 fully saturated rings. The van der Waals surface area contributed by atoms with Crippen LogP contribution in [0.15, 0.2) is 72.4 Å². The third-order valence-corrected chi connectivity index (χ3v) is 17.9. The average Bonchev–Trinajstić information content (AvgIpc) is 3.55. The second kappa shape index (κ2) is 28.5. The van der Waals surface area contributed by atoms with Crippen molar-refractivity contribution in [3.05, 3.63) is 77.9 Å². The highest BCUT2D eigenvalue weighted by Crippen LogP contribution is 2.46. The summed E-state index contributed by atoms with van der Waals surface area (Å²) in [6.07, 6.45) is 12.3. The summed E-state index contributed by atoms with van der Waals surface area (Å²) in [5, 5.41) is 67.1. The Balaban J connectivity index is 1.20. The van der Waals surface area contributed by atoms with Gasteiger partial charge in [-0.3, -0.25) is 24.2 Å². The van der Waals surface area contributed by atoms with E-state index in [1.54, 1.807) is 58.1 Å². The van der Waals surface area contributed by atoms with Crippen LogP contribution in [0.1, 0.15) is 139 Å². The number of piperidine rings is 1. The Hall–Kier alpha value is -4.50. The molecule has 4 amide bonds. The topological polar surface area (TPSA) is 258 Å². The minimum atomic E-state index is -1.37. The number of benzene rings is 1. The smallest absolute Gasteiger partial charge is 0.259 e.